The first-order chi connectivity index (χ1) is 9.61. The van der Waals surface area contributed by atoms with Crippen LogP contribution in [0.2, 0.25) is 5.02 Å². The summed E-state index contributed by atoms with van der Waals surface area (Å²) in [6.07, 6.45) is 0.724. The summed E-state index contributed by atoms with van der Waals surface area (Å²) in [5.41, 5.74) is 10.3. The van der Waals surface area contributed by atoms with Crippen LogP contribution in [0.4, 0.5) is 0 Å². The van der Waals surface area contributed by atoms with Gasteiger partial charge in [-0.2, -0.15) is 0 Å². The van der Waals surface area contributed by atoms with Crippen LogP contribution in [0.15, 0.2) is 36.4 Å². The molecule has 0 spiro atoms. The highest BCUT2D eigenvalue weighted by atomic mass is 35.5. The van der Waals surface area contributed by atoms with Crippen LogP contribution in [0, 0.1) is 13.8 Å². The van der Waals surface area contributed by atoms with Gasteiger partial charge in [-0.05, 0) is 50.1 Å². The van der Waals surface area contributed by atoms with Crippen molar-refractivity contribution in [1.82, 2.24) is 0 Å². The zero-order valence-electron chi connectivity index (χ0n) is 11.9. The number of nitrogens with two attached hydrogens (primary N) is 1. The van der Waals surface area contributed by atoms with Gasteiger partial charge in [0.15, 0.2) is 0 Å². The molecule has 20 heavy (non-hydrogen) atoms. The molecule has 0 atom stereocenters. The third-order valence-corrected chi connectivity index (χ3v) is 3.71. The average Bonchev–Trinajstić information content (AvgIpc) is 2.43. The first kappa shape index (κ1) is 14.9. The molecular formula is C17H20ClNO. The molecule has 106 valence electrons. The fourth-order valence-electron chi connectivity index (χ4n) is 2.17. The molecule has 2 N–H and O–H groups in total. The molecule has 0 saturated heterocycles. The highest BCUT2D eigenvalue weighted by molar-refractivity contribution is 6.31. The second-order valence-electron chi connectivity index (χ2n) is 4.97. The Morgan fingerprint density at radius 1 is 1.15 bits per heavy atom. The lowest BCUT2D eigenvalue weighted by atomic mass is 10.1. The van der Waals surface area contributed by atoms with E-state index in [-0.39, 0.29) is 0 Å². The number of hydrogen-bond donors (Lipinski definition) is 1. The number of hydrogen-bond acceptors (Lipinski definition) is 2. The van der Waals surface area contributed by atoms with Crippen LogP contribution < -0.4 is 10.5 Å². The van der Waals surface area contributed by atoms with E-state index in [1.54, 1.807) is 0 Å². The van der Waals surface area contributed by atoms with Crippen LogP contribution in [-0.4, -0.2) is 6.54 Å². The highest BCUT2D eigenvalue weighted by Gasteiger charge is 2.08. The topological polar surface area (TPSA) is 35.2 Å². The van der Waals surface area contributed by atoms with Gasteiger partial charge in [-0.1, -0.05) is 41.4 Å². The van der Waals surface area contributed by atoms with Crippen molar-refractivity contribution in [1.29, 1.82) is 0 Å². The molecule has 0 aliphatic carbocycles. The van der Waals surface area contributed by atoms with Crippen LogP contribution >= 0.6 is 11.6 Å². The van der Waals surface area contributed by atoms with E-state index in [0.29, 0.717) is 18.2 Å². The van der Waals surface area contributed by atoms with E-state index < -0.39 is 0 Å². The molecule has 2 aromatic carbocycles. The number of ether oxygens (including phenoxy) is 1. The minimum Gasteiger partial charge on any atom is -0.489 e. The highest BCUT2D eigenvalue weighted by Crippen LogP contribution is 2.27. The smallest absolute Gasteiger partial charge is 0.124 e. The number of rotatable bonds is 5. The largest absolute Gasteiger partial charge is 0.489 e. The Hall–Kier alpha value is -1.51. The molecule has 0 radical (unpaired) electrons. The molecular weight excluding hydrogens is 270 g/mol. The molecule has 0 saturated carbocycles. The average molecular weight is 290 g/mol. The summed E-state index contributed by atoms with van der Waals surface area (Å²) in [5, 5.41) is 0.717. The summed E-state index contributed by atoms with van der Waals surface area (Å²) in [7, 11) is 0. The lowest BCUT2D eigenvalue weighted by Crippen LogP contribution is -2.06. The van der Waals surface area contributed by atoms with Gasteiger partial charge < -0.3 is 10.5 Å². The van der Waals surface area contributed by atoms with Crippen LogP contribution in [0.1, 0.15) is 22.3 Å². The molecule has 0 aliphatic heterocycles. The molecule has 0 heterocycles. The van der Waals surface area contributed by atoms with Gasteiger partial charge in [-0.15, -0.1) is 0 Å². The predicted molar refractivity (Wildman–Crippen MR) is 84.5 cm³/mol. The SMILES string of the molecule is Cc1ccc(C)c(COc2cccc(Cl)c2CCN)c1. The zero-order valence-corrected chi connectivity index (χ0v) is 12.7. The third-order valence-electron chi connectivity index (χ3n) is 3.36. The minimum atomic E-state index is 0.547. The fraction of sp³-hybridized carbons (Fsp3) is 0.294. The Bertz CT molecular complexity index is 596. The van der Waals surface area contributed by atoms with Gasteiger partial charge in [0.05, 0.1) is 0 Å². The molecule has 0 bridgehead atoms. The maximum atomic E-state index is 6.21. The van der Waals surface area contributed by atoms with Gasteiger partial charge >= 0.3 is 0 Å². The zero-order chi connectivity index (χ0) is 14.5. The van der Waals surface area contributed by atoms with Gasteiger partial charge in [-0.25, -0.2) is 0 Å². The first-order valence-corrected chi connectivity index (χ1v) is 7.16. The van der Waals surface area contributed by atoms with Crippen molar-refractivity contribution in [3.8, 4) is 5.75 Å². The lowest BCUT2D eigenvalue weighted by molar-refractivity contribution is 0.302. The maximum absolute atomic E-state index is 6.21. The Kier molecular flexibility index (Phi) is 5.05. The molecule has 0 amide bonds. The van der Waals surface area contributed by atoms with Gasteiger partial charge in [-0.3, -0.25) is 0 Å². The van der Waals surface area contributed by atoms with Crippen LogP contribution in [0.3, 0.4) is 0 Å². The van der Waals surface area contributed by atoms with Gasteiger partial charge in [0.1, 0.15) is 12.4 Å². The summed E-state index contributed by atoms with van der Waals surface area (Å²) >= 11 is 6.21. The van der Waals surface area contributed by atoms with E-state index in [2.05, 4.69) is 32.0 Å². The number of aryl methyl sites for hydroxylation is 2. The number of benzene rings is 2. The van der Waals surface area contributed by atoms with Crippen molar-refractivity contribution in [2.24, 2.45) is 5.73 Å². The van der Waals surface area contributed by atoms with Crippen molar-refractivity contribution in [3.05, 3.63) is 63.7 Å². The molecule has 0 unspecified atom stereocenters. The normalized spacial score (nSPS) is 10.6. The molecule has 0 fully saturated rings. The standard InChI is InChI=1S/C17H20ClNO/c1-12-6-7-13(2)14(10-12)11-20-17-5-3-4-16(18)15(17)8-9-19/h3-7,10H,8-9,11,19H2,1-2H3. The van der Waals surface area contributed by atoms with Crippen LogP contribution in [0.25, 0.3) is 0 Å². The summed E-state index contributed by atoms with van der Waals surface area (Å²) in [5.74, 6) is 0.823. The monoisotopic (exact) mass is 289 g/mol. The van der Waals surface area contributed by atoms with E-state index in [1.165, 1.54) is 16.7 Å². The van der Waals surface area contributed by atoms with Crippen molar-refractivity contribution < 1.29 is 4.74 Å². The van der Waals surface area contributed by atoms with Gasteiger partial charge in [0, 0.05) is 10.6 Å². The Morgan fingerprint density at radius 2 is 1.95 bits per heavy atom. The van der Waals surface area contributed by atoms with E-state index in [4.69, 9.17) is 22.1 Å². The van der Waals surface area contributed by atoms with Crippen LogP contribution in [0.5, 0.6) is 5.75 Å². The van der Waals surface area contributed by atoms with Crippen molar-refractivity contribution in [2.75, 3.05) is 6.54 Å². The quantitative estimate of drug-likeness (QED) is 0.902. The number of halogens is 1. The Morgan fingerprint density at radius 3 is 2.70 bits per heavy atom. The van der Waals surface area contributed by atoms with Crippen molar-refractivity contribution >= 4 is 11.6 Å². The van der Waals surface area contributed by atoms with E-state index in [1.807, 2.05) is 18.2 Å². The molecule has 0 aromatic heterocycles. The van der Waals surface area contributed by atoms with Crippen molar-refractivity contribution in [3.63, 3.8) is 0 Å². The predicted octanol–water partition coefficient (Wildman–Crippen LogP) is 4.04. The molecule has 3 heteroatoms. The lowest BCUT2D eigenvalue weighted by Gasteiger charge is -2.14. The summed E-state index contributed by atoms with van der Waals surface area (Å²) in [4.78, 5) is 0. The van der Waals surface area contributed by atoms with E-state index in [9.17, 15) is 0 Å². The second-order valence-corrected chi connectivity index (χ2v) is 5.38. The molecule has 0 aliphatic rings. The molecule has 2 rings (SSSR count). The molecule has 2 aromatic rings. The van der Waals surface area contributed by atoms with Gasteiger partial charge in [0.25, 0.3) is 0 Å². The van der Waals surface area contributed by atoms with Crippen LogP contribution in [-0.2, 0) is 13.0 Å². The molecule has 2 nitrogen and oxygen atoms in total. The summed E-state index contributed by atoms with van der Waals surface area (Å²) in [6, 6.07) is 12.1. The fourth-order valence-corrected chi connectivity index (χ4v) is 2.43. The third kappa shape index (κ3) is 3.53. The van der Waals surface area contributed by atoms with Crippen molar-refractivity contribution in [2.45, 2.75) is 26.9 Å². The van der Waals surface area contributed by atoms with E-state index in [0.717, 1.165) is 17.7 Å². The first-order valence-electron chi connectivity index (χ1n) is 6.78. The van der Waals surface area contributed by atoms with E-state index >= 15 is 0 Å². The maximum Gasteiger partial charge on any atom is 0.124 e. The second kappa shape index (κ2) is 6.78. The Balaban J connectivity index is 2.18. The summed E-state index contributed by atoms with van der Waals surface area (Å²) < 4.78 is 5.95. The Labute approximate surface area is 125 Å². The van der Waals surface area contributed by atoms with Gasteiger partial charge in [0.2, 0.25) is 0 Å². The summed E-state index contributed by atoms with van der Waals surface area (Å²) in [6.45, 7) is 5.29. The minimum absolute atomic E-state index is 0.547.